The Morgan fingerprint density at radius 1 is 1.10 bits per heavy atom. The molecule has 1 saturated carbocycles. The van der Waals surface area contributed by atoms with Gasteiger partial charge >= 0.3 is 0 Å². The van der Waals surface area contributed by atoms with E-state index in [0.717, 1.165) is 41.0 Å². The Labute approximate surface area is 185 Å². The number of likely N-dealkylation sites (N-methyl/N-ethyl adjacent to an activating group) is 1. The van der Waals surface area contributed by atoms with Crippen LogP contribution in [0.1, 0.15) is 24.6 Å². The van der Waals surface area contributed by atoms with Crippen LogP contribution in [0.4, 0.5) is 0 Å². The number of para-hydroxylation sites is 3. The number of hydrogen-bond acceptors (Lipinski definition) is 6. The highest BCUT2D eigenvalue weighted by Crippen LogP contribution is 2.41. The summed E-state index contributed by atoms with van der Waals surface area (Å²) in [5.41, 5.74) is 1.03. The minimum absolute atomic E-state index is 0.0167. The summed E-state index contributed by atoms with van der Waals surface area (Å²) in [6.07, 6.45) is 2.09. The van der Waals surface area contributed by atoms with E-state index in [2.05, 4.69) is 14.8 Å². The lowest BCUT2D eigenvalue weighted by Gasteiger charge is -2.29. The number of nitrogens with zero attached hydrogens (tertiary/aromatic N) is 4. The summed E-state index contributed by atoms with van der Waals surface area (Å²) >= 11 is 1.42. The fraction of sp³-hybridized carbons (Fsp3) is 0.348. The number of carbonyl (C=O) groups is 1. The first kappa shape index (κ1) is 19.9. The number of aromatic nitrogens is 3. The first-order valence-electron chi connectivity index (χ1n) is 10.4. The third-order valence-corrected chi connectivity index (χ3v) is 6.32. The summed E-state index contributed by atoms with van der Waals surface area (Å²) < 4.78 is 13.8. The molecule has 1 aromatic heterocycles. The minimum Gasteiger partial charge on any atom is -0.486 e. The van der Waals surface area contributed by atoms with Crippen molar-refractivity contribution in [3.05, 3.63) is 60.4 Å². The van der Waals surface area contributed by atoms with Gasteiger partial charge in [-0.3, -0.25) is 9.36 Å². The molecule has 2 aromatic carbocycles. The molecule has 7 nitrogen and oxygen atoms in total. The second kappa shape index (κ2) is 8.63. The third kappa shape index (κ3) is 4.39. The molecule has 1 fully saturated rings. The lowest BCUT2D eigenvalue weighted by Crippen LogP contribution is -2.42. The van der Waals surface area contributed by atoms with Gasteiger partial charge in [-0.1, -0.05) is 42.1 Å². The molecule has 160 valence electrons. The van der Waals surface area contributed by atoms with E-state index in [1.165, 1.54) is 11.8 Å². The van der Waals surface area contributed by atoms with Crippen LogP contribution in [0.25, 0.3) is 5.69 Å². The van der Waals surface area contributed by atoms with Crippen LogP contribution >= 0.6 is 11.8 Å². The largest absolute Gasteiger partial charge is 0.486 e. The molecular formula is C23H24N4O3S. The first-order chi connectivity index (χ1) is 15.2. The van der Waals surface area contributed by atoms with Crippen molar-refractivity contribution in [2.75, 3.05) is 26.0 Å². The number of rotatable bonds is 7. The monoisotopic (exact) mass is 436 g/mol. The highest BCUT2D eigenvalue weighted by Gasteiger charge is 2.31. The predicted molar refractivity (Wildman–Crippen MR) is 118 cm³/mol. The number of hydrogen-bond donors (Lipinski definition) is 0. The van der Waals surface area contributed by atoms with Crippen molar-refractivity contribution in [2.45, 2.75) is 30.0 Å². The standard InChI is InChI=1S/C23H24N4O3S/c1-26(13-18-14-29-19-9-5-6-10-20(19)30-18)21(28)15-31-23-25-24-22(16-11-12-16)27(23)17-7-3-2-4-8-17/h2-10,16,18H,11-15H2,1H3/t18-/m1/s1. The molecule has 1 aliphatic carbocycles. The second-order valence-electron chi connectivity index (χ2n) is 7.85. The number of fused-ring (bicyclic) bond motifs is 1. The molecule has 8 heteroatoms. The Kier molecular flexibility index (Phi) is 5.55. The SMILES string of the molecule is CN(C[C@@H]1COc2ccccc2O1)C(=O)CSc1nnc(C2CC2)n1-c1ccccc1. The maximum absolute atomic E-state index is 12.8. The van der Waals surface area contributed by atoms with Gasteiger partial charge in [0.2, 0.25) is 5.91 Å². The van der Waals surface area contributed by atoms with Crippen LogP contribution in [0.5, 0.6) is 11.5 Å². The zero-order chi connectivity index (χ0) is 21.2. The Morgan fingerprint density at radius 2 is 1.84 bits per heavy atom. The number of thioether (sulfide) groups is 1. The fourth-order valence-corrected chi connectivity index (χ4v) is 4.50. The highest BCUT2D eigenvalue weighted by molar-refractivity contribution is 7.99. The Bertz CT molecular complexity index is 1070. The van der Waals surface area contributed by atoms with E-state index < -0.39 is 0 Å². The molecule has 1 aliphatic heterocycles. The van der Waals surface area contributed by atoms with Crippen molar-refractivity contribution < 1.29 is 14.3 Å². The van der Waals surface area contributed by atoms with E-state index in [4.69, 9.17) is 9.47 Å². The van der Waals surface area contributed by atoms with E-state index in [-0.39, 0.29) is 17.8 Å². The molecular weight excluding hydrogens is 412 g/mol. The third-order valence-electron chi connectivity index (χ3n) is 5.41. The zero-order valence-electron chi connectivity index (χ0n) is 17.3. The van der Waals surface area contributed by atoms with Gasteiger partial charge in [-0.25, -0.2) is 0 Å². The predicted octanol–water partition coefficient (Wildman–Crippen LogP) is 3.54. The van der Waals surface area contributed by atoms with Gasteiger partial charge in [0.25, 0.3) is 0 Å². The van der Waals surface area contributed by atoms with Crippen molar-refractivity contribution in [1.82, 2.24) is 19.7 Å². The van der Waals surface area contributed by atoms with Crippen LogP contribution < -0.4 is 9.47 Å². The molecule has 0 saturated heterocycles. The van der Waals surface area contributed by atoms with Crippen molar-refractivity contribution in [3.8, 4) is 17.2 Å². The Balaban J connectivity index is 1.22. The number of benzene rings is 2. The zero-order valence-corrected chi connectivity index (χ0v) is 18.1. The van der Waals surface area contributed by atoms with Gasteiger partial charge in [0, 0.05) is 18.7 Å². The van der Waals surface area contributed by atoms with Crippen molar-refractivity contribution in [2.24, 2.45) is 0 Å². The summed E-state index contributed by atoms with van der Waals surface area (Å²) in [5.74, 6) is 3.22. The van der Waals surface area contributed by atoms with Gasteiger partial charge in [-0.2, -0.15) is 0 Å². The molecule has 0 bridgehead atoms. The van der Waals surface area contributed by atoms with Crippen LogP contribution in [0.2, 0.25) is 0 Å². The van der Waals surface area contributed by atoms with E-state index in [1.807, 2.05) is 54.6 Å². The molecule has 1 atom stereocenters. The number of amides is 1. The van der Waals surface area contributed by atoms with Crippen LogP contribution in [-0.2, 0) is 4.79 Å². The molecule has 2 heterocycles. The lowest BCUT2D eigenvalue weighted by atomic mass is 10.2. The van der Waals surface area contributed by atoms with Crippen LogP contribution in [-0.4, -0.2) is 57.6 Å². The maximum atomic E-state index is 12.8. The molecule has 5 rings (SSSR count). The molecule has 0 spiro atoms. The summed E-state index contributed by atoms with van der Waals surface area (Å²) in [7, 11) is 1.80. The van der Waals surface area contributed by atoms with Gasteiger partial charge in [0.05, 0.1) is 12.3 Å². The van der Waals surface area contributed by atoms with E-state index in [0.29, 0.717) is 19.1 Å². The van der Waals surface area contributed by atoms with Gasteiger partial charge in [0.15, 0.2) is 22.8 Å². The fourth-order valence-electron chi connectivity index (χ4n) is 3.60. The summed E-state index contributed by atoms with van der Waals surface area (Å²) in [6, 6.07) is 17.7. The molecule has 2 aliphatic rings. The Hall–Kier alpha value is -3.00. The average molecular weight is 437 g/mol. The highest BCUT2D eigenvalue weighted by atomic mass is 32.2. The quantitative estimate of drug-likeness (QED) is 0.528. The summed E-state index contributed by atoms with van der Waals surface area (Å²) in [6.45, 7) is 0.890. The molecule has 0 radical (unpaired) electrons. The average Bonchev–Trinajstić information content (AvgIpc) is 3.57. The molecule has 3 aromatic rings. The Morgan fingerprint density at radius 3 is 2.61 bits per heavy atom. The molecule has 0 N–H and O–H groups in total. The maximum Gasteiger partial charge on any atom is 0.232 e. The summed E-state index contributed by atoms with van der Waals surface area (Å²) in [4.78, 5) is 14.5. The second-order valence-corrected chi connectivity index (χ2v) is 8.79. The van der Waals surface area contributed by atoms with Gasteiger partial charge in [-0.15, -0.1) is 10.2 Å². The normalized spacial score (nSPS) is 17.4. The van der Waals surface area contributed by atoms with E-state index >= 15 is 0 Å². The summed E-state index contributed by atoms with van der Waals surface area (Å²) in [5, 5.41) is 9.56. The lowest BCUT2D eigenvalue weighted by molar-refractivity contribution is -0.128. The van der Waals surface area contributed by atoms with Crippen molar-refractivity contribution >= 4 is 17.7 Å². The molecule has 1 amide bonds. The number of carbonyl (C=O) groups excluding carboxylic acids is 1. The van der Waals surface area contributed by atoms with Crippen LogP contribution in [0.15, 0.2) is 59.8 Å². The molecule has 0 unspecified atom stereocenters. The number of ether oxygens (including phenoxy) is 2. The van der Waals surface area contributed by atoms with E-state index in [1.54, 1.807) is 11.9 Å². The van der Waals surface area contributed by atoms with Gasteiger partial charge in [-0.05, 0) is 37.1 Å². The topological polar surface area (TPSA) is 69.5 Å². The smallest absolute Gasteiger partial charge is 0.232 e. The van der Waals surface area contributed by atoms with E-state index in [9.17, 15) is 4.79 Å². The first-order valence-corrected chi connectivity index (χ1v) is 11.4. The van der Waals surface area contributed by atoms with Gasteiger partial charge in [0.1, 0.15) is 12.4 Å². The van der Waals surface area contributed by atoms with Gasteiger partial charge < -0.3 is 14.4 Å². The van der Waals surface area contributed by atoms with Crippen molar-refractivity contribution in [3.63, 3.8) is 0 Å². The van der Waals surface area contributed by atoms with Crippen LogP contribution in [0, 0.1) is 0 Å². The van der Waals surface area contributed by atoms with Crippen LogP contribution in [0.3, 0.4) is 0 Å². The van der Waals surface area contributed by atoms with Crippen molar-refractivity contribution in [1.29, 1.82) is 0 Å². The molecule has 31 heavy (non-hydrogen) atoms. The minimum atomic E-state index is -0.191.